The van der Waals surface area contributed by atoms with E-state index in [1.165, 1.54) is 0 Å². The van der Waals surface area contributed by atoms with Crippen LogP contribution >= 0.6 is 15.9 Å². The molecule has 1 heterocycles. The number of halogens is 1. The topological polar surface area (TPSA) is 80.7 Å². The van der Waals surface area contributed by atoms with E-state index in [2.05, 4.69) is 25.9 Å². The van der Waals surface area contributed by atoms with Crippen LogP contribution in [0.4, 0.5) is 11.6 Å². The molecule has 0 amide bonds. The molecule has 0 aliphatic carbocycles. The largest absolute Gasteiger partial charge is 0.397 e. The molecule has 0 saturated heterocycles. The summed E-state index contributed by atoms with van der Waals surface area (Å²) in [6.07, 6.45) is 0. The third-order valence-corrected chi connectivity index (χ3v) is 2.06. The molecule has 0 unspecified atom stereocenters. The van der Waals surface area contributed by atoms with Crippen LogP contribution in [0.5, 0.6) is 0 Å². The van der Waals surface area contributed by atoms with Gasteiger partial charge in [-0.25, -0.2) is 4.98 Å². The van der Waals surface area contributed by atoms with Gasteiger partial charge >= 0.3 is 0 Å². The number of anilines is 2. The van der Waals surface area contributed by atoms with Gasteiger partial charge in [0, 0.05) is 4.47 Å². The quantitative estimate of drug-likeness (QED) is 0.596. The summed E-state index contributed by atoms with van der Waals surface area (Å²) >= 11 is 3.32. The first-order chi connectivity index (χ1) is 5.66. The van der Waals surface area contributed by atoms with Crippen molar-refractivity contribution in [2.24, 2.45) is 0 Å². The van der Waals surface area contributed by atoms with Crippen molar-refractivity contribution in [2.45, 2.75) is 0 Å². The van der Waals surface area contributed by atoms with Crippen molar-refractivity contribution in [2.75, 3.05) is 11.5 Å². The van der Waals surface area contributed by atoms with Gasteiger partial charge in [-0.3, -0.25) is 0 Å². The lowest BCUT2D eigenvalue weighted by Gasteiger charge is -1.94. The molecule has 0 aliphatic rings. The maximum atomic E-state index is 5.70. The fourth-order valence-corrected chi connectivity index (χ4v) is 1.60. The van der Waals surface area contributed by atoms with E-state index in [1.54, 1.807) is 6.07 Å². The first-order valence-corrected chi connectivity index (χ1v) is 4.16. The van der Waals surface area contributed by atoms with Crippen LogP contribution in [0.2, 0.25) is 0 Å². The number of nitrogens with zero attached hydrogens (tertiary/aromatic N) is 1. The van der Waals surface area contributed by atoms with Crippen LogP contribution in [-0.2, 0) is 0 Å². The fraction of sp³-hybridized carbons (Fsp3) is 0. The SMILES string of the molecule is Nc1nc2c(N)cc(Br)cc2[nH]1. The Balaban J connectivity index is 2.88. The van der Waals surface area contributed by atoms with Crippen molar-refractivity contribution >= 4 is 38.6 Å². The summed E-state index contributed by atoms with van der Waals surface area (Å²) in [4.78, 5) is 6.93. The van der Waals surface area contributed by atoms with E-state index in [1.807, 2.05) is 6.07 Å². The van der Waals surface area contributed by atoms with Gasteiger partial charge in [-0.15, -0.1) is 0 Å². The number of imidazole rings is 1. The highest BCUT2D eigenvalue weighted by molar-refractivity contribution is 9.10. The van der Waals surface area contributed by atoms with Gasteiger partial charge in [0.25, 0.3) is 0 Å². The van der Waals surface area contributed by atoms with Crippen molar-refractivity contribution in [3.05, 3.63) is 16.6 Å². The molecule has 0 bridgehead atoms. The van der Waals surface area contributed by atoms with E-state index < -0.39 is 0 Å². The predicted molar refractivity (Wildman–Crippen MR) is 52.6 cm³/mol. The molecule has 4 nitrogen and oxygen atoms in total. The molecule has 0 radical (unpaired) electrons. The summed E-state index contributed by atoms with van der Waals surface area (Å²) in [5.74, 6) is 0.384. The van der Waals surface area contributed by atoms with Crippen LogP contribution in [0.25, 0.3) is 11.0 Å². The van der Waals surface area contributed by atoms with Gasteiger partial charge in [-0.05, 0) is 12.1 Å². The standard InChI is InChI=1S/C7H7BrN4/c8-3-1-4(9)6-5(2-3)11-7(10)12-6/h1-2H,9H2,(H3,10,11,12). The number of fused-ring (bicyclic) bond motifs is 1. The number of nitrogens with two attached hydrogens (primary N) is 2. The summed E-state index contributed by atoms with van der Waals surface area (Å²) in [6.45, 7) is 0. The lowest BCUT2D eigenvalue weighted by molar-refractivity contribution is 1.35. The minimum atomic E-state index is 0.384. The number of hydrogen-bond donors (Lipinski definition) is 3. The van der Waals surface area contributed by atoms with Crippen molar-refractivity contribution in [1.82, 2.24) is 9.97 Å². The molecule has 5 heteroatoms. The maximum Gasteiger partial charge on any atom is 0.198 e. The van der Waals surface area contributed by atoms with E-state index in [9.17, 15) is 0 Å². The van der Waals surface area contributed by atoms with Gasteiger partial charge in [0.15, 0.2) is 5.95 Å². The number of nitrogens with one attached hydrogen (secondary N) is 1. The molecule has 1 aromatic carbocycles. The first-order valence-electron chi connectivity index (χ1n) is 3.37. The monoisotopic (exact) mass is 226 g/mol. The molecule has 0 aliphatic heterocycles. The molecule has 0 fully saturated rings. The van der Waals surface area contributed by atoms with E-state index in [0.717, 1.165) is 15.5 Å². The van der Waals surface area contributed by atoms with Crippen molar-refractivity contribution < 1.29 is 0 Å². The van der Waals surface area contributed by atoms with Crippen LogP contribution in [0.3, 0.4) is 0 Å². The summed E-state index contributed by atoms with van der Waals surface area (Å²) < 4.78 is 0.913. The van der Waals surface area contributed by atoms with E-state index >= 15 is 0 Å². The molecule has 0 saturated carbocycles. The smallest absolute Gasteiger partial charge is 0.198 e. The van der Waals surface area contributed by atoms with Crippen molar-refractivity contribution in [1.29, 1.82) is 0 Å². The minimum Gasteiger partial charge on any atom is -0.397 e. The predicted octanol–water partition coefficient (Wildman–Crippen LogP) is 1.49. The van der Waals surface area contributed by atoms with Crippen LogP contribution in [0, 0.1) is 0 Å². The van der Waals surface area contributed by atoms with E-state index in [-0.39, 0.29) is 0 Å². The lowest BCUT2D eigenvalue weighted by atomic mass is 10.3. The lowest BCUT2D eigenvalue weighted by Crippen LogP contribution is -1.87. The number of nitrogen functional groups attached to an aromatic ring is 2. The van der Waals surface area contributed by atoms with Crippen molar-refractivity contribution in [3.8, 4) is 0 Å². The second kappa shape index (κ2) is 2.38. The zero-order chi connectivity index (χ0) is 8.72. The number of H-pyrrole nitrogens is 1. The van der Waals surface area contributed by atoms with Gasteiger partial charge in [-0.2, -0.15) is 0 Å². The third-order valence-electron chi connectivity index (χ3n) is 1.60. The highest BCUT2D eigenvalue weighted by atomic mass is 79.9. The van der Waals surface area contributed by atoms with Gasteiger partial charge in [-0.1, -0.05) is 15.9 Å². The molecule has 1 aromatic heterocycles. The molecular weight excluding hydrogens is 220 g/mol. The Hall–Kier alpha value is -1.23. The van der Waals surface area contributed by atoms with Gasteiger partial charge in [0.05, 0.1) is 11.2 Å². The summed E-state index contributed by atoms with van der Waals surface area (Å²) in [5.41, 5.74) is 13.4. The zero-order valence-corrected chi connectivity index (χ0v) is 7.72. The fourth-order valence-electron chi connectivity index (χ4n) is 1.13. The summed E-state index contributed by atoms with van der Waals surface area (Å²) in [7, 11) is 0. The van der Waals surface area contributed by atoms with Crippen LogP contribution in [0.15, 0.2) is 16.6 Å². The molecule has 12 heavy (non-hydrogen) atoms. The highest BCUT2D eigenvalue weighted by Gasteiger charge is 2.03. The third kappa shape index (κ3) is 1.02. The number of hydrogen-bond acceptors (Lipinski definition) is 3. The highest BCUT2D eigenvalue weighted by Crippen LogP contribution is 2.24. The molecule has 2 rings (SSSR count). The average Bonchev–Trinajstić information content (AvgIpc) is 2.29. The summed E-state index contributed by atoms with van der Waals surface area (Å²) in [5, 5.41) is 0. The normalized spacial score (nSPS) is 10.8. The molecule has 0 spiro atoms. The Morgan fingerprint density at radius 2 is 2.08 bits per heavy atom. The second-order valence-electron chi connectivity index (χ2n) is 2.51. The Labute approximate surface area is 77.1 Å². The van der Waals surface area contributed by atoms with E-state index in [4.69, 9.17) is 11.5 Å². The number of aromatic amines is 1. The summed E-state index contributed by atoms with van der Waals surface area (Å²) in [6, 6.07) is 3.68. The zero-order valence-electron chi connectivity index (χ0n) is 6.13. The Kier molecular flexibility index (Phi) is 1.47. The average molecular weight is 227 g/mol. The van der Waals surface area contributed by atoms with Crippen molar-refractivity contribution in [3.63, 3.8) is 0 Å². The van der Waals surface area contributed by atoms with Gasteiger partial charge < -0.3 is 16.5 Å². The molecule has 0 atom stereocenters. The van der Waals surface area contributed by atoms with Gasteiger partial charge in [0.1, 0.15) is 5.52 Å². The maximum absolute atomic E-state index is 5.70. The Morgan fingerprint density at radius 3 is 2.83 bits per heavy atom. The molecule has 5 N–H and O–H groups in total. The van der Waals surface area contributed by atoms with Crippen LogP contribution < -0.4 is 11.5 Å². The number of benzene rings is 1. The Morgan fingerprint density at radius 1 is 1.33 bits per heavy atom. The minimum absolute atomic E-state index is 0.384. The number of rotatable bonds is 0. The first kappa shape index (κ1) is 7.42. The van der Waals surface area contributed by atoms with Gasteiger partial charge in [0.2, 0.25) is 0 Å². The van der Waals surface area contributed by atoms with E-state index in [0.29, 0.717) is 11.6 Å². The van der Waals surface area contributed by atoms with Crippen LogP contribution in [0.1, 0.15) is 0 Å². The molecular formula is C7H7BrN4. The second-order valence-corrected chi connectivity index (χ2v) is 3.43. The Bertz CT molecular complexity index is 434. The molecule has 62 valence electrons. The number of aromatic nitrogens is 2. The van der Waals surface area contributed by atoms with Crippen LogP contribution in [-0.4, -0.2) is 9.97 Å². The molecule has 2 aromatic rings.